The molecule has 2 saturated heterocycles. The Morgan fingerprint density at radius 2 is 1.74 bits per heavy atom. The number of carbonyl (C=O) groups is 2. The standard InChI is InChI=1S/C32H34N4O3/c1-22-12-15-29(31(37)33-22)36-20-24-18-26(13-14-27(24)32(36)38)39-30-21-35(19-23-8-4-2-5-9-23)17-16-28(30)34-25-10-6-3-7-11-25/h2-11,13-14,18,28-30,34H,1,12,15-17,19-21H2,(H,33,37). The first kappa shape index (κ1) is 25.2. The molecular weight excluding hydrogens is 488 g/mol. The van der Waals surface area contributed by atoms with Gasteiger partial charge in [-0.15, -0.1) is 0 Å². The number of fused-ring (bicyclic) bond motifs is 1. The third-order valence-electron chi connectivity index (χ3n) is 7.91. The molecule has 0 aliphatic carbocycles. The van der Waals surface area contributed by atoms with Gasteiger partial charge in [0.25, 0.3) is 5.91 Å². The van der Waals surface area contributed by atoms with E-state index >= 15 is 0 Å². The topological polar surface area (TPSA) is 73.9 Å². The number of allylic oxidation sites excluding steroid dienone is 1. The highest BCUT2D eigenvalue weighted by atomic mass is 16.5. The summed E-state index contributed by atoms with van der Waals surface area (Å²) in [5, 5.41) is 6.49. The zero-order valence-electron chi connectivity index (χ0n) is 22.0. The van der Waals surface area contributed by atoms with E-state index in [1.54, 1.807) is 4.90 Å². The molecule has 2 N–H and O–H groups in total. The lowest BCUT2D eigenvalue weighted by atomic mass is 10.00. The smallest absolute Gasteiger partial charge is 0.255 e. The SMILES string of the molecule is C=C1CCC(N2Cc3cc(OC4CN(Cc5ccccc5)CCC4Nc4ccccc4)ccc3C2=O)C(=O)N1. The highest BCUT2D eigenvalue weighted by Crippen LogP contribution is 2.32. The molecule has 7 heteroatoms. The number of anilines is 1. The number of nitrogens with one attached hydrogen (secondary N) is 2. The Hall–Kier alpha value is -4.10. The average Bonchev–Trinajstić information content (AvgIpc) is 3.26. The second-order valence-corrected chi connectivity index (χ2v) is 10.7. The molecule has 3 aliphatic rings. The minimum Gasteiger partial charge on any atom is -0.487 e. The van der Waals surface area contributed by atoms with Crippen molar-refractivity contribution in [1.82, 2.24) is 15.1 Å². The summed E-state index contributed by atoms with van der Waals surface area (Å²) >= 11 is 0. The Bertz CT molecular complexity index is 1360. The van der Waals surface area contributed by atoms with Gasteiger partial charge in [0.15, 0.2) is 0 Å². The molecule has 0 aromatic heterocycles. The van der Waals surface area contributed by atoms with Gasteiger partial charge in [-0.3, -0.25) is 14.5 Å². The second kappa shape index (κ2) is 10.9. The summed E-state index contributed by atoms with van der Waals surface area (Å²) in [7, 11) is 0. The lowest BCUT2D eigenvalue weighted by molar-refractivity contribution is -0.126. The summed E-state index contributed by atoms with van der Waals surface area (Å²) in [4.78, 5) is 29.8. The van der Waals surface area contributed by atoms with Gasteiger partial charge in [0.05, 0.1) is 6.04 Å². The number of para-hydroxylation sites is 1. The molecule has 6 rings (SSSR count). The maximum atomic E-state index is 13.2. The molecule has 2 fully saturated rings. The predicted molar refractivity (Wildman–Crippen MR) is 151 cm³/mol. The van der Waals surface area contributed by atoms with Gasteiger partial charge in [-0.2, -0.15) is 0 Å². The molecular formula is C32H34N4O3. The van der Waals surface area contributed by atoms with E-state index in [-0.39, 0.29) is 24.0 Å². The van der Waals surface area contributed by atoms with Gasteiger partial charge in [0.1, 0.15) is 17.9 Å². The number of piperidine rings is 2. The zero-order valence-corrected chi connectivity index (χ0v) is 22.0. The van der Waals surface area contributed by atoms with Crippen LogP contribution >= 0.6 is 0 Å². The summed E-state index contributed by atoms with van der Waals surface area (Å²) in [6.07, 6.45) is 2.15. The molecule has 3 aromatic rings. The van der Waals surface area contributed by atoms with Gasteiger partial charge in [0, 0.05) is 43.1 Å². The molecule has 3 atom stereocenters. The van der Waals surface area contributed by atoms with Gasteiger partial charge < -0.3 is 20.3 Å². The monoisotopic (exact) mass is 522 g/mol. The third kappa shape index (κ3) is 5.54. The summed E-state index contributed by atoms with van der Waals surface area (Å²) in [6.45, 7) is 6.90. The normalized spacial score (nSPS) is 23.3. The lowest BCUT2D eigenvalue weighted by Gasteiger charge is -2.39. The zero-order chi connectivity index (χ0) is 26.8. The Balaban J connectivity index is 1.19. The molecule has 3 aromatic carbocycles. The van der Waals surface area contributed by atoms with E-state index < -0.39 is 6.04 Å². The Labute approximate surface area is 229 Å². The molecule has 0 radical (unpaired) electrons. The van der Waals surface area contributed by atoms with E-state index in [1.165, 1.54) is 5.56 Å². The largest absolute Gasteiger partial charge is 0.487 e. The first-order chi connectivity index (χ1) is 19.0. The van der Waals surface area contributed by atoms with Crippen molar-refractivity contribution in [3.63, 3.8) is 0 Å². The molecule has 7 nitrogen and oxygen atoms in total. The number of amides is 2. The van der Waals surface area contributed by atoms with Crippen molar-refractivity contribution in [2.24, 2.45) is 0 Å². The van der Waals surface area contributed by atoms with E-state index in [4.69, 9.17) is 4.74 Å². The van der Waals surface area contributed by atoms with Crippen molar-refractivity contribution in [1.29, 1.82) is 0 Å². The summed E-state index contributed by atoms with van der Waals surface area (Å²) in [5.41, 5.74) is 4.63. The van der Waals surface area contributed by atoms with Crippen LogP contribution in [0.4, 0.5) is 5.69 Å². The number of hydrogen-bond donors (Lipinski definition) is 2. The highest BCUT2D eigenvalue weighted by molar-refractivity contribution is 6.01. The van der Waals surface area contributed by atoms with Crippen LogP contribution in [0.2, 0.25) is 0 Å². The van der Waals surface area contributed by atoms with Crippen LogP contribution in [0.15, 0.2) is 91.1 Å². The Morgan fingerprint density at radius 1 is 0.974 bits per heavy atom. The second-order valence-electron chi connectivity index (χ2n) is 10.7. The first-order valence-electron chi connectivity index (χ1n) is 13.7. The minimum atomic E-state index is -0.468. The van der Waals surface area contributed by atoms with E-state index in [9.17, 15) is 9.59 Å². The third-order valence-corrected chi connectivity index (χ3v) is 7.91. The van der Waals surface area contributed by atoms with E-state index in [0.717, 1.165) is 43.1 Å². The Kier molecular flexibility index (Phi) is 7.07. The van der Waals surface area contributed by atoms with Crippen molar-refractivity contribution < 1.29 is 14.3 Å². The van der Waals surface area contributed by atoms with Crippen molar-refractivity contribution in [3.8, 4) is 5.75 Å². The summed E-state index contributed by atoms with van der Waals surface area (Å²) < 4.78 is 6.66. The maximum Gasteiger partial charge on any atom is 0.255 e. The lowest BCUT2D eigenvalue weighted by Crippen LogP contribution is -2.52. The molecule has 3 unspecified atom stereocenters. The number of nitrogens with zero attached hydrogens (tertiary/aromatic N) is 2. The van der Waals surface area contributed by atoms with Gasteiger partial charge in [-0.05, 0) is 60.7 Å². The highest BCUT2D eigenvalue weighted by Gasteiger charge is 2.38. The van der Waals surface area contributed by atoms with Crippen LogP contribution in [0.5, 0.6) is 5.75 Å². The first-order valence-corrected chi connectivity index (χ1v) is 13.7. The van der Waals surface area contributed by atoms with Crippen LogP contribution < -0.4 is 15.4 Å². The molecule has 0 bridgehead atoms. The fourth-order valence-electron chi connectivity index (χ4n) is 5.88. The number of likely N-dealkylation sites (tertiary alicyclic amines) is 1. The Morgan fingerprint density at radius 3 is 2.51 bits per heavy atom. The minimum absolute atomic E-state index is 0.0796. The number of hydrogen-bond acceptors (Lipinski definition) is 5. The number of ether oxygens (including phenoxy) is 1. The number of carbonyl (C=O) groups excluding carboxylic acids is 2. The van der Waals surface area contributed by atoms with Crippen molar-refractivity contribution in [2.45, 2.75) is 50.5 Å². The van der Waals surface area contributed by atoms with Crippen LogP contribution in [0.25, 0.3) is 0 Å². The van der Waals surface area contributed by atoms with Crippen molar-refractivity contribution in [3.05, 3.63) is 108 Å². The molecule has 3 heterocycles. The van der Waals surface area contributed by atoms with Crippen LogP contribution in [-0.4, -0.2) is 52.9 Å². The molecule has 39 heavy (non-hydrogen) atoms. The van der Waals surface area contributed by atoms with Crippen LogP contribution in [0.3, 0.4) is 0 Å². The molecule has 0 spiro atoms. The van der Waals surface area contributed by atoms with Crippen LogP contribution in [-0.2, 0) is 17.9 Å². The molecule has 200 valence electrons. The van der Waals surface area contributed by atoms with Crippen molar-refractivity contribution >= 4 is 17.5 Å². The fourth-order valence-corrected chi connectivity index (χ4v) is 5.88. The van der Waals surface area contributed by atoms with Crippen LogP contribution in [0.1, 0.15) is 40.7 Å². The van der Waals surface area contributed by atoms with Gasteiger partial charge in [-0.1, -0.05) is 55.1 Å². The fraction of sp³-hybridized carbons (Fsp3) is 0.312. The number of benzene rings is 3. The van der Waals surface area contributed by atoms with Gasteiger partial charge in [0.2, 0.25) is 5.91 Å². The predicted octanol–water partition coefficient (Wildman–Crippen LogP) is 4.57. The van der Waals surface area contributed by atoms with E-state index in [0.29, 0.717) is 30.6 Å². The molecule has 2 amide bonds. The van der Waals surface area contributed by atoms with E-state index in [1.807, 2.05) is 42.5 Å². The maximum absolute atomic E-state index is 13.2. The van der Waals surface area contributed by atoms with E-state index in [2.05, 4.69) is 58.5 Å². The van der Waals surface area contributed by atoms with Crippen molar-refractivity contribution in [2.75, 3.05) is 18.4 Å². The summed E-state index contributed by atoms with van der Waals surface area (Å²) in [5.74, 6) is 0.496. The quantitative estimate of drug-likeness (QED) is 0.476. The molecule has 0 saturated carbocycles. The number of rotatable bonds is 7. The van der Waals surface area contributed by atoms with Gasteiger partial charge in [-0.25, -0.2) is 0 Å². The van der Waals surface area contributed by atoms with Crippen LogP contribution in [0, 0.1) is 0 Å². The molecule has 3 aliphatic heterocycles. The van der Waals surface area contributed by atoms with Gasteiger partial charge >= 0.3 is 0 Å². The average molecular weight is 523 g/mol. The summed E-state index contributed by atoms with van der Waals surface area (Å²) in [6, 6.07) is 26.2.